The van der Waals surface area contributed by atoms with Crippen molar-refractivity contribution in [2.75, 3.05) is 12.3 Å². The van der Waals surface area contributed by atoms with Crippen LogP contribution < -0.4 is 10.5 Å². The van der Waals surface area contributed by atoms with Crippen molar-refractivity contribution in [1.82, 2.24) is 0 Å². The summed E-state index contributed by atoms with van der Waals surface area (Å²) in [7, 11) is 0. The van der Waals surface area contributed by atoms with Gasteiger partial charge >= 0.3 is 0 Å². The first kappa shape index (κ1) is 13.8. The molecule has 0 aliphatic carbocycles. The molecule has 3 heteroatoms. The van der Waals surface area contributed by atoms with E-state index in [-0.39, 0.29) is 0 Å². The number of thioether (sulfide) groups is 1. The van der Waals surface area contributed by atoms with Gasteiger partial charge in [-0.3, -0.25) is 0 Å². The van der Waals surface area contributed by atoms with Gasteiger partial charge in [0.25, 0.3) is 0 Å². The fourth-order valence-corrected chi connectivity index (χ4v) is 2.80. The third-order valence-corrected chi connectivity index (χ3v) is 3.92. The molecule has 0 spiro atoms. The number of nitrogens with two attached hydrogens (primary N) is 1. The van der Waals surface area contributed by atoms with Gasteiger partial charge in [0.1, 0.15) is 5.75 Å². The third kappa shape index (κ3) is 3.93. The first-order valence-electron chi connectivity index (χ1n) is 6.39. The van der Waals surface area contributed by atoms with Crippen LogP contribution >= 0.6 is 11.8 Å². The van der Waals surface area contributed by atoms with Gasteiger partial charge in [-0.2, -0.15) is 0 Å². The number of hydrogen-bond acceptors (Lipinski definition) is 3. The average molecular weight is 273 g/mol. The van der Waals surface area contributed by atoms with Crippen LogP contribution in [0.2, 0.25) is 0 Å². The standard InChI is InChI=1S/C16H19NOS/c1-3-18-14-7-8-15(17)16(10-14)19-11-13-6-4-5-12(2)9-13/h4-10H,3,11,17H2,1-2H3. The molecule has 0 radical (unpaired) electrons. The molecular weight excluding hydrogens is 254 g/mol. The van der Waals surface area contributed by atoms with Crippen LogP contribution in [0.25, 0.3) is 0 Å². The van der Waals surface area contributed by atoms with Crippen molar-refractivity contribution in [3.63, 3.8) is 0 Å². The number of aryl methyl sites for hydroxylation is 1. The van der Waals surface area contributed by atoms with Crippen molar-refractivity contribution in [3.05, 3.63) is 53.6 Å². The van der Waals surface area contributed by atoms with E-state index in [2.05, 4.69) is 31.2 Å². The zero-order valence-corrected chi connectivity index (χ0v) is 12.2. The lowest BCUT2D eigenvalue weighted by Gasteiger charge is -2.09. The van der Waals surface area contributed by atoms with E-state index in [1.807, 2.05) is 25.1 Å². The van der Waals surface area contributed by atoms with Gasteiger partial charge in [0.2, 0.25) is 0 Å². The molecule has 0 fully saturated rings. The maximum atomic E-state index is 6.00. The van der Waals surface area contributed by atoms with Crippen LogP contribution in [0, 0.1) is 6.92 Å². The van der Waals surface area contributed by atoms with Crippen molar-refractivity contribution < 1.29 is 4.74 Å². The van der Waals surface area contributed by atoms with Crippen LogP contribution in [0.3, 0.4) is 0 Å². The molecule has 0 aliphatic rings. The van der Waals surface area contributed by atoms with E-state index in [9.17, 15) is 0 Å². The molecule has 0 atom stereocenters. The lowest BCUT2D eigenvalue weighted by molar-refractivity contribution is 0.339. The molecule has 2 aromatic carbocycles. The van der Waals surface area contributed by atoms with Crippen LogP contribution in [-0.2, 0) is 5.75 Å². The van der Waals surface area contributed by atoms with Crippen LogP contribution in [0.1, 0.15) is 18.1 Å². The second-order valence-electron chi connectivity index (χ2n) is 4.41. The predicted octanol–water partition coefficient (Wildman–Crippen LogP) is 4.27. The molecule has 0 amide bonds. The molecular formula is C16H19NOS. The molecule has 0 bridgehead atoms. The summed E-state index contributed by atoms with van der Waals surface area (Å²) in [4.78, 5) is 1.08. The van der Waals surface area contributed by atoms with E-state index in [0.717, 1.165) is 22.1 Å². The summed E-state index contributed by atoms with van der Waals surface area (Å²) < 4.78 is 5.50. The van der Waals surface area contributed by atoms with Gasteiger partial charge in [-0.15, -0.1) is 11.8 Å². The summed E-state index contributed by atoms with van der Waals surface area (Å²) in [5.41, 5.74) is 9.41. The highest BCUT2D eigenvalue weighted by Gasteiger charge is 2.03. The van der Waals surface area contributed by atoms with E-state index in [4.69, 9.17) is 10.5 Å². The van der Waals surface area contributed by atoms with Crippen LogP contribution in [0.5, 0.6) is 5.75 Å². The average Bonchev–Trinajstić information content (AvgIpc) is 2.40. The predicted molar refractivity (Wildman–Crippen MR) is 82.8 cm³/mol. The van der Waals surface area contributed by atoms with Gasteiger partial charge in [-0.25, -0.2) is 0 Å². The fourth-order valence-electron chi connectivity index (χ4n) is 1.86. The van der Waals surface area contributed by atoms with Crippen molar-refractivity contribution in [1.29, 1.82) is 0 Å². The molecule has 19 heavy (non-hydrogen) atoms. The Hall–Kier alpha value is -1.61. The van der Waals surface area contributed by atoms with Crippen LogP contribution in [0.4, 0.5) is 5.69 Å². The number of benzene rings is 2. The molecule has 2 N–H and O–H groups in total. The number of anilines is 1. The Bertz CT molecular complexity index is 554. The maximum absolute atomic E-state index is 6.00. The molecule has 2 nitrogen and oxygen atoms in total. The lowest BCUT2D eigenvalue weighted by Crippen LogP contribution is -1.94. The van der Waals surface area contributed by atoms with E-state index >= 15 is 0 Å². The molecule has 0 aliphatic heterocycles. The molecule has 0 unspecified atom stereocenters. The highest BCUT2D eigenvalue weighted by Crippen LogP contribution is 2.31. The van der Waals surface area contributed by atoms with Gasteiger partial charge in [0.05, 0.1) is 6.61 Å². The number of nitrogen functional groups attached to an aromatic ring is 1. The summed E-state index contributed by atoms with van der Waals surface area (Å²) >= 11 is 1.74. The normalized spacial score (nSPS) is 10.4. The number of rotatable bonds is 5. The summed E-state index contributed by atoms with van der Waals surface area (Å²) in [6.45, 7) is 4.76. The smallest absolute Gasteiger partial charge is 0.120 e. The molecule has 2 aromatic rings. The zero-order chi connectivity index (χ0) is 13.7. The number of ether oxygens (including phenoxy) is 1. The van der Waals surface area contributed by atoms with Gasteiger partial charge in [-0.1, -0.05) is 29.8 Å². The monoisotopic (exact) mass is 273 g/mol. The molecule has 2 rings (SSSR count). The van der Waals surface area contributed by atoms with Gasteiger partial charge in [-0.05, 0) is 37.6 Å². The van der Waals surface area contributed by atoms with Gasteiger partial charge < -0.3 is 10.5 Å². The van der Waals surface area contributed by atoms with Crippen molar-refractivity contribution in [2.45, 2.75) is 24.5 Å². The fraction of sp³-hybridized carbons (Fsp3) is 0.250. The Kier molecular flexibility index (Phi) is 4.74. The second-order valence-corrected chi connectivity index (χ2v) is 5.43. The Morgan fingerprint density at radius 3 is 2.74 bits per heavy atom. The Morgan fingerprint density at radius 2 is 2.00 bits per heavy atom. The van der Waals surface area contributed by atoms with Crippen molar-refractivity contribution in [2.24, 2.45) is 0 Å². The SMILES string of the molecule is CCOc1ccc(N)c(SCc2cccc(C)c2)c1. The largest absolute Gasteiger partial charge is 0.494 e. The molecule has 0 aromatic heterocycles. The summed E-state index contributed by atoms with van der Waals surface area (Å²) in [6, 6.07) is 14.4. The van der Waals surface area contributed by atoms with Crippen molar-refractivity contribution >= 4 is 17.4 Å². The Labute approximate surface area is 119 Å². The minimum atomic E-state index is 0.673. The first-order chi connectivity index (χ1) is 9.19. The third-order valence-electron chi connectivity index (χ3n) is 2.77. The lowest BCUT2D eigenvalue weighted by atomic mass is 10.2. The zero-order valence-electron chi connectivity index (χ0n) is 11.3. The first-order valence-corrected chi connectivity index (χ1v) is 7.38. The molecule has 0 saturated carbocycles. The van der Waals surface area contributed by atoms with Crippen LogP contribution in [-0.4, -0.2) is 6.61 Å². The topological polar surface area (TPSA) is 35.2 Å². The summed E-state index contributed by atoms with van der Waals surface area (Å²) in [5.74, 6) is 1.80. The Morgan fingerprint density at radius 1 is 1.16 bits per heavy atom. The quantitative estimate of drug-likeness (QED) is 0.652. The van der Waals surface area contributed by atoms with E-state index in [0.29, 0.717) is 6.61 Å². The van der Waals surface area contributed by atoms with E-state index < -0.39 is 0 Å². The minimum absolute atomic E-state index is 0.673. The second kappa shape index (κ2) is 6.53. The maximum Gasteiger partial charge on any atom is 0.120 e. The summed E-state index contributed by atoms with van der Waals surface area (Å²) in [5, 5.41) is 0. The minimum Gasteiger partial charge on any atom is -0.494 e. The van der Waals surface area contributed by atoms with Gasteiger partial charge in [0, 0.05) is 16.3 Å². The Balaban J connectivity index is 2.08. The highest BCUT2D eigenvalue weighted by atomic mass is 32.2. The molecule has 0 heterocycles. The van der Waals surface area contributed by atoms with Crippen LogP contribution in [0.15, 0.2) is 47.4 Å². The number of hydrogen-bond donors (Lipinski definition) is 1. The van der Waals surface area contributed by atoms with Gasteiger partial charge in [0.15, 0.2) is 0 Å². The molecule has 0 saturated heterocycles. The van der Waals surface area contributed by atoms with Crippen molar-refractivity contribution in [3.8, 4) is 5.75 Å². The molecule has 100 valence electrons. The summed E-state index contributed by atoms with van der Waals surface area (Å²) in [6.07, 6.45) is 0. The van der Waals surface area contributed by atoms with E-state index in [1.165, 1.54) is 11.1 Å². The highest BCUT2D eigenvalue weighted by molar-refractivity contribution is 7.98. The van der Waals surface area contributed by atoms with E-state index in [1.54, 1.807) is 11.8 Å².